The van der Waals surface area contributed by atoms with Gasteiger partial charge in [0.15, 0.2) is 6.61 Å². The molecule has 1 aliphatic heterocycles. The van der Waals surface area contributed by atoms with E-state index in [1.54, 1.807) is 12.1 Å². The summed E-state index contributed by atoms with van der Waals surface area (Å²) in [6.07, 6.45) is 0.771. The highest BCUT2D eigenvalue weighted by atomic mass is 16.5. The number of carbonyl (C=O) groups excluding carboxylic acids is 5. The smallest absolute Gasteiger partial charge is 0.329 e. The third-order valence-electron chi connectivity index (χ3n) is 3.92. The summed E-state index contributed by atoms with van der Waals surface area (Å²) in [5.41, 5.74) is 0.441. The second-order valence-corrected chi connectivity index (χ2v) is 5.94. The molecule has 0 spiro atoms. The molecule has 0 unspecified atom stereocenters. The van der Waals surface area contributed by atoms with Crippen molar-refractivity contribution in [1.82, 2.24) is 15.5 Å². The molecule has 0 bridgehead atoms. The van der Waals surface area contributed by atoms with Gasteiger partial charge in [0.1, 0.15) is 6.04 Å². The normalized spacial score (nSPS) is 13.8. The lowest BCUT2D eigenvalue weighted by Gasteiger charge is -2.20. The van der Waals surface area contributed by atoms with Crippen LogP contribution in [0.1, 0.15) is 41.0 Å². The van der Waals surface area contributed by atoms with Crippen molar-refractivity contribution < 1.29 is 28.7 Å². The van der Waals surface area contributed by atoms with Crippen LogP contribution in [0.25, 0.3) is 0 Å². The van der Waals surface area contributed by atoms with Gasteiger partial charge in [0.2, 0.25) is 5.91 Å². The van der Waals surface area contributed by atoms with Gasteiger partial charge in [-0.3, -0.25) is 24.1 Å². The fraction of sp³-hybridized carbons (Fsp3) is 0.389. The van der Waals surface area contributed by atoms with E-state index in [0.29, 0.717) is 6.54 Å². The summed E-state index contributed by atoms with van der Waals surface area (Å²) in [6, 6.07) is 5.07. The van der Waals surface area contributed by atoms with Gasteiger partial charge < -0.3 is 15.4 Å². The highest BCUT2D eigenvalue weighted by molar-refractivity contribution is 6.22. The SMILES string of the molecule is CCCNC(=O)CNC(=O)COC(=O)[C@H](C)N1C(=O)c2ccccc2C1=O. The fourth-order valence-electron chi connectivity index (χ4n) is 2.48. The third kappa shape index (κ3) is 4.69. The van der Waals surface area contributed by atoms with Crippen molar-refractivity contribution in [2.24, 2.45) is 0 Å². The molecule has 1 aliphatic rings. The van der Waals surface area contributed by atoms with Crippen molar-refractivity contribution in [3.63, 3.8) is 0 Å². The van der Waals surface area contributed by atoms with Crippen molar-refractivity contribution in [1.29, 1.82) is 0 Å². The van der Waals surface area contributed by atoms with Crippen LogP contribution in [-0.2, 0) is 19.1 Å². The predicted octanol–water partition coefficient (Wildman–Crippen LogP) is -0.143. The minimum Gasteiger partial charge on any atom is -0.454 e. The Balaban J connectivity index is 1.84. The van der Waals surface area contributed by atoms with Crippen LogP contribution in [0.15, 0.2) is 24.3 Å². The minimum atomic E-state index is -1.18. The maximum absolute atomic E-state index is 12.3. The topological polar surface area (TPSA) is 122 Å². The van der Waals surface area contributed by atoms with E-state index in [0.717, 1.165) is 11.3 Å². The van der Waals surface area contributed by atoms with Crippen molar-refractivity contribution in [2.75, 3.05) is 19.7 Å². The molecule has 2 rings (SSSR count). The first-order valence-electron chi connectivity index (χ1n) is 8.53. The van der Waals surface area contributed by atoms with E-state index < -0.39 is 36.3 Å². The highest BCUT2D eigenvalue weighted by Gasteiger charge is 2.41. The number of hydrogen-bond acceptors (Lipinski definition) is 6. The molecule has 0 radical (unpaired) electrons. The molecule has 0 fully saturated rings. The maximum atomic E-state index is 12.3. The van der Waals surface area contributed by atoms with Crippen molar-refractivity contribution in [3.05, 3.63) is 35.4 Å². The van der Waals surface area contributed by atoms with Crippen LogP contribution in [0, 0.1) is 0 Å². The van der Waals surface area contributed by atoms with Gasteiger partial charge in [-0.2, -0.15) is 0 Å². The number of amides is 4. The number of hydrogen-bond donors (Lipinski definition) is 2. The molecule has 4 amide bonds. The summed E-state index contributed by atoms with van der Waals surface area (Å²) < 4.78 is 4.86. The maximum Gasteiger partial charge on any atom is 0.329 e. The second kappa shape index (κ2) is 8.93. The molecule has 9 nitrogen and oxygen atoms in total. The lowest BCUT2D eigenvalue weighted by Crippen LogP contribution is -2.45. The van der Waals surface area contributed by atoms with Gasteiger partial charge in [0, 0.05) is 6.54 Å². The zero-order chi connectivity index (χ0) is 20.0. The Bertz CT molecular complexity index is 741. The van der Waals surface area contributed by atoms with Gasteiger partial charge in [-0.1, -0.05) is 19.1 Å². The van der Waals surface area contributed by atoms with E-state index in [1.807, 2.05) is 6.92 Å². The molecule has 1 aromatic carbocycles. The zero-order valence-corrected chi connectivity index (χ0v) is 15.1. The number of imide groups is 1. The van der Waals surface area contributed by atoms with Crippen LogP contribution >= 0.6 is 0 Å². The number of fused-ring (bicyclic) bond motifs is 1. The second-order valence-electron chi connectivity index (χ2n) is 5.94. The molecular weight excluding hydrogens is 354 g/mol. The first kappa shape index (κ1) is 20.1. The molecular formula is C18H21N3O6. The minimum absolute atomic E-state index is 0.220. The summed E-state index contributed by atoms with van der Waals surface area (Å²) in [7, 11) is 0. The molecule has 0 saturated heterocycles. The average molecular weight is 375 g/mol. The summed E-state index contributed by atoms with van der Waals surface area (Å²) in [4.78, 5) is 60.6. The first-order valence-corrected chi connectivity index (χ1v) is 8.53. The van der Waals surface area contributed by atoms with E-state index >= 15 is 0 Å². The van der Waals surface area contributed by atoms with Crippen LogP contribution in [-0.4, -0.2) is 60.2 Å². The molecule has 9 heteroatoms. The molecule has 144 valence electrons. The summed E-state index contributed by atoms with van der Waals surface area (Å²) in [6.45, 7) is 2.90. The predicted molar refractivity (Wildman–Crippen MR) is 93.7 cm³/mol. The monoisotopic (exact) mass is 375 g/mol. The lowest BCUT2D eigenvalue weighted by atomic mass is 10.1. The van der Waals surface area contributed by atoms with Crippen LogP contribution in [0.2, 0.25) is 0 Å². The highest BCUT2D eigenvalue weighted by Crippen LogP contribution is 2.24. The average Bonchev–Trinajstić information content (AvgIpc) is 2.93. The van der Waals surface area contributed by atoms with Crippen LogP contribution < -0.4 is 10.6 Å². The van der Waals surface area contributed by atoms with Gasteiger partial charge in [0.25, 0.3) is 17.7 Å². The standard InChI is InChI=1S/C18H21N3O6/c1-3-8-19-14(22)9-20-15(23)10-27-18(26)11(2)21-16(24)12-6-4-5-7-13(12)17(21)25/h4-7,11H,3,8-10H2,1-2H3,(H,19,22)(H,20,23)/t11-/m0/s1. The van der Waals surface area contributed by atoms with Crippen LogP contribution in [0.4, 0.5) is 0 Å². The molecule has 0 aromatic heterocycles. The first-order chi connectivity index (χ1) is 12.9. The van der Waals surface area contributed by atoms with Gasteiger partial charge in [-0.25, -0.2) is 4.79 Å². The number of ether oxygens (including phenoxy) is 1. The molecule has 0 saturated carbocycles. The summed E-state index contributed by atoms with van der Waals surface area (Å²) in [5.74, 6) is -3.08. The van der Waals surface area contributed by atoms with Crippen molar-refractivity contribution >= 4 is 29.6 Å². The molecule has 2 N–H and O–H groups in total. The molecule has 1 heterocycles. The Hall–Kier alpha value is -3.23. The van der Waals surface area contributed by atoms with Gasteiger partial charge >= 0.3 is 5.97 Å². The van der Waals surface area contributed by atoms with E-state index in [-0.39, 0.29) is 23.6 Å². The van der Waals surface area contributed by atoms with E-state index in [4.69, 9.17) is 4.74 Å². The Kier molecular flexibility index (Phi) is 6.64. The van der Waals surface area contributed by atoms with Gasteiger partial charge in [0.05, 0.1) is 17.7 Å². The number of benzene rings is 1. The Labute approximate surface area is 156 Å². The Morgan fingerprint density at radius 1 is 1.04 bits per heavy atom. The fourth-order valence-corrected chi connectivity index (χ4v) is 2.48. The van der Waals surface area contributed by atoms with E-state index in [2.05, 4.69) is 10.6 Å². The molecule has 27 heavy (non-hydrogen) atoms. The Morgan fingerprint density at radius 2 is 1.63 bits per heavy atom. The molecule has 1 aromatic rings. The van der Waals surface area contributed by atoms with Crippen molar-refractivity contribution in [3.8, 4) is 0 Å². The van der Waals surface area contributed by atoms with Gasteiger partial charge in [-0.15, -0.1) is 0 Å². The van der Waals surface area contributed by atoms with Crippen molar-refractivity contribution in [2.45, 2.75) is 26.3 Å². The summed E-state index contributed by atoms with van der Waals surface area (Å²) in [5, 5.41) is 4.89. The number of esters is 1. The summed E-state index contributed by atoms with van der Waals surface area (Å²) >= 11 is 0. The number of nitrogens with zero attached hydrogens (tertiary/aromatic N) is 1. The number of carbonyl (C=O) groups is 5. The number of rotatable bonds is 8. The number of nitrogens with one attached hydrogen (secondary N) is 2. The quantitative estimate of drug-likeness (QED) is 0.482. The van der Waals surface area contributed by atoms with E-state index in [1.165, 1.54) is 19.1 Å². The van der Waals surface area contributed by atoms with E-state index in [9.17, 15) is 24.0 Å². The lowest BCUT2D eigenvalue weighted by molar-refractivity contribution is -0.151. The third-order valence-corrected chi connectivity index (χ3v) is 3.92. The van der Waals surface area contributed by atoms with Crippen LogP contribution in [0.3, 0.4) is 0 Å². The molecule has 1 atom stereocenters. The zero-order valence-electron chi connectivity index (χ0n) is 15.1. The van der Waals surface area contributed by atoms with Gasteiger partial charge in [-0.05, 0) is 25.5 Å². The molecule has 0 aliphatic carbocycles. The Morgan fingerprint density at radius 3 is 2.19 bits per heavy atom. The largest absolute Gasteiger partial charge is 0.454 e. The van der Waals surface area contributed by atoms with Crippen LogP contribution in [0.5, 0.6) is 0 Å².